The van der Waals surface area contributed by atoms with Crippen LogP contribution in [0.15, 0.2) is 34.0 Å². The molecule has 0 N–H and O–H groups in total. The van der Waals surface area contributed by atoms with Gasteiger partial charge < -0.3 is 0 Å². The van der Waals surface area contributed by atoms with Gasteiger partial charge in [-0.1, -0.05) is 0 Å². The average molecular weight is 407 g/mol. The molecule has 0 saturated heterocycles. The number of ketones is 1. The molecule has 1 nitrogen and oxygen atoms in total. The number of halogens is 3. The number of hydrogen-bond acceptors (Lipinski definition) is 1. The van der Waals surface area contributed by atoms with Crippen LogP contribution in [0, 0.1) is 0 Å². The molecule has 0 bridgehead atoms. The van der Waals surface area contributed by atoms with Crippen LogP contribution in [-0.2, 0) is 4.79 Å². The van der Waals surface area contributed by atoms with Crippen molar-refractivity contribution in [1.82, 2.24) is 0 Å². The molecule has 1 rings (SSSR count). The number of allylic oxidation sites excluding steroid dienone is 1. The van der Waals surface area contributed by atoms with Gasteiger partial charge in [0, 0.05) is 0 Å². The molecular formula is C12H13Cl3OTe. The first-order valence-corrected chi connectivity index (χ1v) is 14.1. The number of Topliss-reactive ketones (excluding diaryl/α,β-unsaturated/α-hetero) is 1. The van der Waals surface area contributed by atoms with Gasteiger partial charge in [0.25, 0.3) is 0 Å². The first-order valence-electron chi connectivity index (χ1n) is 4.96. The molecule has 0 aliphatic heterocycles. The Balaban J connectivity index is 3.09. The monoisotopic (exact) mass is 408 g/mol. The summed E-state index contributed by atoms with van der Waals surface area (Å²) >= 11 is 2.94. The standard InChI is InChI=1S/C12H13Cl3OTe/c1-9(16)8-17(14,15)10(2)12(13)11-6-4-3-5-7-11/h3-7H,8H2,1-2H3/b12-10-. The SMILES string of the molecule is CC(=O)C[Te](Cl)(Cl)/C(C)=C(\Cl)c1ccccc1. The van der Waals surface area contributed by atoms with Crippen molar-refractivity contribution in [3.63, 3.8) is 0 Å². The second-order valence-electron chi connectivity index (χ2n) is 3.66. The van der Waals surface area contributed by atoms with Crippen molar-refractivity contribution in [2.45, 2.75) is 18.3 Å². The fourth-order valence-corrected chi connectivity index (χ4v) is 9.08. The first kappa shape index (κ1) is 15.3. The normalized spacial score (nSPS) is 14.2. The van der Waals surface area contributed by atoms with E-state index in [-0.39, 0.29) is 10.3 Å². The van der Waals surface area contributed by atoms with E-state index >= 15 is 0 Å². The van der Waals surface area contributed by atoms with Crippen LogP contribution in [0.25, 0.3) is 5.03 Å². The molecule has 0 unspecified atom stereocenters. The van der Waals surface area contributed by atoms with E-state index in [2.05, 4.69) is 0 Å². The van der Waals surface area contributed by atoms with Crippen LogP contribution in [0.1, 0.15) is 19.4 Å². The molecule has 0 saturated carbocycles. The summed E-state index contributed by atoms with van der Waals surface area (Å²) in [6.07, 6.45) is 0. The van der Waals surface area contributed by atoms with Gasteiger partial charge in [0.2, 0.25) is 0 Å². The Hall–Kier alpha value is 0.290. The number of carbonyl (C=O) groups is 1. The topological polar surface area (TPSA) is 17.1 Å². The zero-order valence-corrected chi connectivity index (χ0v) is 14.1. The molecule has 1 aromatic rings. The number of benzene rings is 1. The molecule has 0 aliphatic carbocycles. The summed E-state index contributed by atoms with van der Waals surface area (Å²) in [7, 11) is 12.6. The molecule has 1 aromatic carbocycles. The number of carbonyl (C=O) groups excluding carboxylic acids is 1. The summed E-state index contributed by atoms with van der Waals surface area (Å²) in [4.78, 5) is 11.1. The van der Waals surface area contributed by atoms with Crippen LogP contribution in [0.2, 0.25) is 4.47 Å². The van der Waals surface area contributed by atoms with Gasteiger partial charge in [-0.15, -0.1) is 0 Å². The Bertz CT molecular complexity index is 440. The van der Waals surface area contributed by atoms with E-state index < -0.39 is 15.9 Å². The third kappa shape index (κ3) is 4.47. The number of hydrogen-bond donors (Lipinski definition) is 0. The fourth-order valence-electron chi connectivity index (χ4n) is 1.28. The fraction of sp³-hybridized carbons (Fsp3) is 0.250. The number of rotatable bonds is 4. The average Bonchev–Trinajstić information content (AvgIpc) is 2.26. The van der Waals surface area contributed by atoms with Crippen molar-refractivity contribution in [3.05, 3.63) is 39.5 Å². The van der Waals surface area contributed by atoms with Gasteiger partial charge in [-0.3, -0.25) is 0 Å². The summed E-state index contributed by atoms with van der Waals surface area (Å²) < 4.78 is 1.01. The van der Waals surface area contributed by atoms with Crippen molar-refractivity contribution in [2.24, 2.45) is 0 Å². The molecule has 5 heteroatoms. The molecule has 0 aliphatic rings. The van der Waals surface area contributed by atoms with Crippen molar-refractivity contribution >= 4 is 56.3 Å². The van der Waals surface area contributed by atoms with E-state index in [9.17, 15) is 4.79 Å². The zero-order valence-electron chi connectivity index (χ0n) is 9.54. The predicted molar refractivity (Wildman–Crippen MR) is 77.8 cm³/mol. The van der Waals surface area contributed by atoms with E-state index in [4.69, 9.17) is 29.5 Å². The predicted octanol–water partition coefficient (Wildman–Crippen LogP) is 4.70. The minimum absolute atomic E-state index is 0.00748. The van der Waals surface area contributed by atoms with Crippen molar-refractivity contribution in [3.8, 4) is 0 Å². The van der Waals surface area contributed by atoms with E-state index in [1.54, 1.807) is 0 Å². The van der Waals surface area contributed by atoms with E-state index in [0.717, 1.165) is 9.18 Å². The van der Waals surface area contributed by atoms with Crippen molar-refractivity contribution in [1.29, 1.82) is 0 Å². The summed E-state index contributed by atoms with van der Waals surface area (Å²) in [5, 5.41) is 0.568. The van der Waals surface area contributed by atoms with E-state index in [0.29, 0.717) is 5.03 Å². The second kappa shape index (κ2) is 6.45. The van der Waals surface area contributed by atoms with Gasteiger partial charge in [-0.05, 0) is 0 Å². The van der Waals surface area contributed by atoms with Crippen LogP contribution >= 0.6 is 29.5 Å². The Kier molecular flexibility index (Phi) is 5.83. The third-order valence-corrected chi connectivity index (χ3v) is 12.9. The van der Waals surface area contributed by atoms with E-state index in [1.807, 2.05) is 37.3 Å². The van der Waals surface area contributed by atoms with Gasteiger partial charge in [-0.25, -0.2) is 0 Å². The molecule has 0 amide bonds. The summed E-state index contributed by atoms with van der Waals surface area (Å²) in [6.45, 7) is 3.31. The van der Waals surface area contributed by atoms with Crippen LogP contribution in [-0.4, -0.2) is 21.7 Å². The van der Waals surface area contributed by atoms with Crippen LogP contribution in [0.5, 0.6) is 0 Å². The van der Waals surface area contributed by atoms with Crippen LogP contribution in [0.4, 0.5) is 0 Å². The Morgan fingerprint density at radius 2 is 1.71 bits per heavy atom. The van der Waals surface area contributed by atoms with Gasteiger partial charge in [-0.2, -0.15) is 0 Å². The van der Waals surface area contributed by atoms with Gasteiger partial charge in [0.05, 0.1) is 0 Å². The molecular weight excluding hydrogens is 394 g/mol. The molecule has 0 fully saturated rings. The Morgan fingerprint density at radius 3 is 2.18 bits per heavy atom. The third-order valence-electron chi connectivity index (χ3n) is 2.17. The molecule has 0 aromatic heterocycles. The summed E-state index contributed by atoms with van der Waals surface area (Å²) in [5.41, 5.74) is 0.882. The second-order valence-corrected chi connectivity index (χ2v) is 18.0. The van der Waals surface area contributed by atoms with Gasteiger partial charge in [0.1, 0.15) is 0 Å². The summed E-state index contributed by atoms with van der Waals surface area (Å²) in [6, 6.07) is 9.49. The molecule has 17 heavy (non-hydrogen) atoms. The molecule has 0 heterocycles. The van der Waals surface area contributed by atoms with Gasteiger partial charge in [0.15, 0.2) is 0 Å². The molecule has 0 spiro atoms. The zero-order chi connectivity index (χ0) is 13.1. The maximum atomic E-state index is 11.1. The van der Waals surface area contributed by atoms with Crippen LogP contribution in [0.3, 0.4) is 0 Å². The minimum atomic E-state index is -3.33. The molecule has 0 radical (unpaired) electrons. The summed E-state index contributed by atoms with van der Waals surface area (Å²) in [5.74, 6) is 0.00748. The quantitative estimate of drug-likeness (QED) is 0.662. The van der Waals surface area contributed by atoms with Gasteiger partial charge >= 0.3 is 119 Å². The maximum absolute atomic E-state index is 11.1. The molecule has 94 valence electrons. The molecule has 0 atom stereocenters. The Labute approximate surface area is 118 Å². The Morgan fingerprint density at radius 1 is 1.18 bits per heavy atom. The van der Waals surface area contributed by atoms with Crippen molar-refractivity contribution < 1.29 is 4.79 Å². The van der Waals surface area contributed by atoms with Crippen LogP contribution < -0.4 is 0 Å². The van der Waals surface area contributed by atoms with E-state index in [1.165, 1.54) is 6.92 Å². The first-order chi connectivity index (χ1) is 7.84. The van der Waals surface area contributed by atoms with Crippen molar-refractivity contribution in [2.75, 3.05) is 0 Å².